The molecule has 7 heteroatoms. The molecule has 33 heavy (non-hydrogen) atoms. The first-order valence-corrected chi connectivity index (χ1v) is 12.4. The van der Waals surface area contributed by atoms with Crippen molar-refractivity contribution >= 4 is 21.7 Å². The van der Waals surface area contributed by atoms with Gasteiger partial charge in [0.05, 0.1) is 22.8 Å². The Labute approximate surface area is 195 Å². The summed E-state index contributed by atoms with van der Waals surface area (Å²) in [6, 6.07) is 17.7. The molecule has 3 rings (SSSR count). The van der Waals surface area contributed by atoms with Crippen molar-refractivity contribution in [1.82, 2.24) is 0 Å². The first kappa shape index (κ1) is 24.3. The molecule has 0 atom stereocenters. The molecule has 0 aliphatic carbocycles. The summed E-state index contributed by atoms with van der Waals surface area (Å²) in [5.41, 5.74) is 2.80. The van der Waals surface area contributed by atoms with Gasteiger partial charge in [0.1, 0.15) is 5.75 Å². The Balaban J connectivity index is 2.04. The van der Waals surface area contributed by atoms with Gasteiger partial charge in [0.15, 0.2) is 0 Å². The lowest BCUT2D eigenvalue weighted by molar-refractivity contribution is 0.0698. The molecule has 6 nitrogen and oxygen atoms in total. The standard InChI is InChI=1S/C26H29NO5S/c1-4-5-13-32-22-11-12-24(21(17-22)16-20-9-7-6-8-10-20)33(30,31)27-25-19(3)14-18(2)15-23(25)26(28)29/h6-12,14-15,17,27H,4-5,13,16H2,1-3H3,(H,28,29). The minimum Gasteiger partial charge on any atom is -0.494 e. The van der Waals surface area contributed by atoms with E-state index >= 15 is 0 Å². The van der Waals surface area contributed by atoms with Crippen LogP contribution in [0.5, 0.6) is 5.75 Å². The number of hydrogen-bond donors (Lipinski definition) is 2. The molecule has 0 spiro atoms. The molecule has 0 aromatic heterocycles. The van der Waals surface area contributed by atoms with Gasteiger partial charge in [-0.3, -0.25) is 4.72 Å². The first-order valence-electron chi connectivity index (χ1n) is 10.9. The predicted octanol–water partition coefficient (Wildman–Crippen LogP) is 5.57. The number of carboxylic acids is 1. The van der Waals surface area contributed by atoms with Gasteiger partial charge in [0.25, 0.3) is 10.0 Å². The fourth-order valence-electron chi connectivity index (χ4n) is 3.66. The summed E-state index contributed by atoms with van der Waals surface area (Å²) >= 11 is 0. The van der Waals surface area contributed by atoms with Gasteiger partial charge < -0.3 is 9.84 Å². The quantitative estimate of drug-likeness (QED) is 0.380. The number of nitrogens with one attached hydrogen (secondary N) is 1. The van der Waals surface area contributed by atoms with Crippen LogP contribution in [0.4, 0.5) is 5.69 Å². The zero-order chi connectivity index (χ0) is 24.0. The van der Waals surface area contributed by atoms with Gasteiger partial charge in [0.2, 0.25) is 0 Å². The number of hydrogen-bond acceptors (Lipinski definition) is 4. The number of benzene rings is 3. The summed E-state index contributed by atoms with van der Waals surface area (Å²) in [5, 5.41) is 9.62. The van der Waals surface area contributed by atoms with Crippen molar-refractivity contribution in [2.45, 2.75) is 44.9 Å². The van der Waals surface area contributed by atoms with Crippen LogP contribution in [-0.4, -0.2) is 26.1 Å². The number of carbonyl (C=O) groups is 1. The van der Waals surface area contributed by atoms with Crippen molar-refractivity contribution < 1.29 is 23.1 Å². The third kappa shape index (κ3) is 6.14. The van der Waals surface area contributed by atoms with Crippen LogP contribution < -0.4 is 9.46 Å². The van der Waals surface area contributed by atoms with Crippen LogP contribution in [-0.2, 0) is 16.4 Å². The molecular weight excluding hydrogens is 438 g/mol. The average molecular weight is 468 g/mol. The SMILES string of the molecule is CCCCOc1ccc(S(=O)(=O)Nc2c(C)cc(C)cc2C(=O)O)c(Cc2ccccc2)c1. The highest BCUT2D eigenvalue weighted by Crippen LogP contribution is 2.30. The second-order valence-corrected chi connectivity index (χ2v) is 9.70. The molecule has 2 N–H and O–H groups in total. The second kappa shape index (κ2) is 10.5. The van der Waals surface area contributed by atoms with Crippen molar-refractivity contribution in [3.63, 3.8) is 0 Å². The van der Waals surface area contributed by atoms with Crippen LogP contribution in [0.3, 0.4) is 0 Å². The minimum atomic E-state index is -4.07. The molecule has 0 unspecified atom stereocenters. The molecule has 3 aromatic rings. The van der Waals surface area contributed by atoms with E-state index in [9.17, 15) is 18.3 Å². The molecular formula is C26H29NO5S. The number of unbranched alkanes of at least 4 members (excludes halogenated alkanes) is 1. The predicted molar refractivity (Wildman–Crippen MR) is 130 cm³/mol. The maximum Gasteiger partial charge on any atom is 0.337 e. The summed E-state index contributed by atoms with van der Waals surface area (Å²) in [6.45, 7) is 6.08. The Kier molecular flexibility index (Phi) is 7.76. The van der Waals surface area contributed by atoms with Crippen LogP contribution in [0.25, 0.3) is 0 Å². The molecule has 0 fully saturated rings. The van der Waals surface area contributed by atoms with Gasteiger partial charge in [-0.2, -0.15) is 0 Å². The summed E-state index contributed by atoms with van der Waals surface area (Å²) in [4.78, 5) is 11.9. The number of sulfonamides is 1. The monoisotopic (exact) mass is 467 g/mol. The number of ether oxygens (including phenoxy) is 1. The van der Waals surface area contributed by atoms with Gasteiger partial charge in [-0.15, -0.1) is 0 Å². The lowest BCUT2D eigenvalue weighted by atomic mass is 10.0. The summed E-state index contributed by atoms with van der Waals surface area (Å²) in [7, 11) is -4.07. The van der Waals surface area contributed by atoms with Gasteiger partial charge in [0, 0.05) is 0 Å². The maximum absolute atomic E-state index is 13.5. The summed E-state index contributed by atoms with van der Waals surface area (Å²) < 4.78 is 35.2. The molecule has 174 valence electrons. The molecule has 3 aromatic carbocycles. The van der Waals surface area contributed by atoms with Gasteiger partial charge in [-0.25, -0.2) is 13.2 Å². The summed E-state index contributed by atoms with van der Waals surface area (Å²) in [5.74, 6) is -0.588. The normalized spacial score (nSPS) is 11.2. The van der Waals surface area contributed by atoms with E-state index in [-0.39, 0.29) is 16.1 Å². The van der Waals surface area contributed by atoms with E-state index in [0.717, 1.165) is 24.0 Å². The Morgan fingerprint density at radius 2 is 1.76 bits per heavy atom. The lowest BCUT2D eigenvalue weighted by Crippen LogP contribution is -2.18. The molecule has 0 heterocycles. The number of aromatic carboxylic acids is 1. The van der Waals surface area contributed by atoms with E-state index in [1.54, 1.807) is 32.0 Å². The van der Waals surface area contributed by atoms with E-state index in [1.165, 1.54) is 12.1 Å². The second-order valence-electron chi connectivity index (χ2n) is 8.05. The largest absolute Gasteiger partial charge is 0.494 e. The Morgan fingerprint density at radius 1 is 1.03 bits per heavy atom. The fraction of sp³-hybridized carbons (Fsp3) is 0.269. The van der Waals surface area contributed by atoms with E-state index in [4.69, 9.17) is 4.74 Å². The van der Waals surface area contributed by atoms with Gasteiger partial charge in [-0.1, -0.05) is 49.7 Å². The third-order valence-corrected chi connectivity index (χ3v) is 6.72. The van der Waals surface area contributed by atoms with E-state index < -0.39 is 16.0 Å². The van der Waals surface area contributed by atoms with E-state index in [1.807, 2.05) is 30.3 Å². The summed E-state index contributed by atoms with van der Waals surface area (Å²) in [6.07, 6.45) is 2.29. The van der Waals surface area contributed by atoms with Crippen molar-refractivity contribution in [1.29, 1.82) is 0 Å². The van der Waals surface area contributed by atoms with Crippen molar-refractivity contribution in [2.75, 3.05) is 11.3 Å². The van der Waals surface area contributed by atoms with Crippen molar-refractivity contribution in [2.24, 2.45) is 0 Å². The highest BCUT2D eigenvalue weighted by atomic mass is 32.2. The highest BCUT2D eigenvalue weighted by molar-refractivity contribution is 7.92. The molecule has 0 aliphatic rings. The van der Waals surface area contributed by atoms with Crippen LogP contribution in [0, 0.1) is 13.8 Å². The van der Waals surface area contributed by atoms with E-state index in [0.29, 0.717) is 29.9 Å². The zero-order valence-corrected chi connectivity index (χ0v) is 19.9. The minimum absolute atomic E-state index is 0.0713. The van der Waals surface area contributed by atoms with Crippen molar-refractivity contribution in [3.8, 4) is 5.75 Å². The number of rotatable bonds is 10. The smallest absolute Gasteiger partial charge is 0.337 e. The molecule has 0 amide bonds. The van der Waals surface area contributed by atoms with Crippen LogP contribution in [0.2, 0.25) is 0 Å². The first-order chi connectivity index (χ1) is 15.7. The molecule has 0 saturated heterocycles. The van der Waals surface area contributed by atoms with Gasteiger partial charge in [-0.05, 0) is 73.2 Å². The zero-order valence-electron chi connectivity index (χ0n) is 19.1. The topological polar surface area (TPSA) is 92.7 Å². The van der Waals surface area contributed by atoms with Crippen molar-refractivity contribution in [3.05, 3.63) is 88.5 Å². The molecule has 0 radical (unpaired) electrons. The Bertz CT molecular complexity index is 1240. The number of carboxylic acid groups (broad SMARTS) is 1. The molecule has 0 saturated carbocycles. The fourth-order valence-corrected chi connectivity index (χ4v) is 5.03. The van der Waals surface area contributed by atoms with Crippen LogP contribution in [0.1, 0.15) is 52.4 Å². The van der Waals surface area contributed by atoms with Gasteiger partial charge >= 0.3 is 5.97 Å². The Morgan fingerprint density at radius 3 is 2.42 bits per heavy atom. The molecule has 0 aliphatic heterocycles. The lowest BCUT2D eigenvalue weighted by Gasteiger charge is -2.17. The maximum atomic E-state index is 13.5. The highest BCUT2D eigenvalue weighted by Gasteiger charge is 2.24. The van der Waals surface area contributed by atoms with E-state index in [2.05, 4.69) is 11.6 Å². The molecule has 0 bridgehead atoms. The average Bonchev–Trinajstić information content (AvgIpc) is 2.76. The van der Waals surface area contributed by atoms with Crippen LogP contribution >= 0.6 is 0 Å². The Hall–Kier alpha value is -3.32. The van der Waals surface area contributed by atoms with Crippen LogP contribution in [0.15, 0.2) is 65.6 Å². The number of anilines is 1. The third-order valence-electron chi connectivity index (χ3n) is 5.27. The number of aryl methyl sites for hydroxylation is 2.